The molecule has 7 nitrogen and oxygen atoms in total. The number of likely N-dealkylation sites (tertiary alicyclic amines) is 1. The van der Waals surface area contributed by atoms with Crippen molar-refractivity contribution in [1.29, 1.82) is 0 Å². The Labute approximate surface area is 147 Å². The van der Waals surface area contributed by atoms with Crippen LogP contribution in [0.2, 0.25) is 0 Å². The Morgan fingerprint density at radius 3 is 3.00 bits per heavy atom. The summed E-state index contributed by atoms with van der Waals surface area (Å²) in [5.74, 6) is 0.467. The van der Waals surface area contributed by atoms with Gasteiger partial charge in [0, 0.05) is 31.4 Å². The Hall–Kier alpha value is -1.86. The lowest BCUT2D eigenvalue weighted by molar-refractivity contribution is -0.180. The smallest absolute Gasteiger partial charge is 0.275 e. The number of aromatic amines is 1. The number of amides is 2. The van der Waals surface area contributed by atoms with Crippen LogP contribution in [0.1, 0.15) is 31.4 Å². The lowest BCUT2D eigenvalue weighted by Crippen LogP contribution is -2.45. The quantitative estimate of drug-likeness (QED) is 0.886. The van der Waals surface area contributed by atoms with Crippen molar-refractivity contribution in [2.75, 3.05) is 26.2 Å². The van der Waals surface area contributed by atoms with Gasteiger partial charge in [-0.15, -0.1) is 0 Å². The van der Waals surface area contributed by atoms with Crippen LogP contribution in [-0.2, 0) is 25.6 Å². The molecule has 136 valence electrons. The molecule has 1 aromatic heterocycles. The zero-order valence-electron chi connectivity index (χ0n) is 14.4. The number of carbonyl (C=O) groups is 2. The van der Waals surface area contributed by atoms with Gasteiger partial charge in [0.15, 0.2) is 0 Å². The van der Waals surface area contributed by atoms with Crippen molar-refractivity contribution in [2.45, 2.75) is 44.3 Å². The highest BCUT2D eigenvalue weighted by atomic mass is 16.7. The van der Waals surface area contributed by atoms with Crippen LogP contribution in [0.15, 0.2) is 18.3 Å². The monoisotopic (exact) mass is 347 g/mol. The Morgan fingerprint density at radius 1 is 1.32 bits per heavy atom. The highest BCUT2D eigenvalue weighted by Gasteiger charge is 2.44. The standard InChI is InChI=1S/C18H25N3O4/c22-17(5-4-14-3-1-7-19-14)20-9-6-13-11-15(25-16(13)12-20)18(23)21-8-2-10-24-21/h1,3,7,13,15-16,19H,2,4-6,8-12H2/t13-,15+,16+/m0/s1. The Balaban J connectivity index is 1.29. The van der Waals surface area contributed by atoms with E-state index in [0.29, 0.717) is 32.0 Å². The number of fused-ring (bicyclic) bond motifs is 1. The van der Waals surface area contributed by atoms with E-state index in [4.69, 9.17) is 9.57 Å². The van der Waals surface area contributed by atoms with Crippen LogP contribution in [-0.4, -0.2) is 65.2 Å². The number of hydrogen-bond donors (Lipinski definition) is 1. The zero-order valence-corrected chi connectivity index (χ0v) is 14.4. The molecule has 0 unspecified atom stereocenters. The van der Waals surface area contributed by atoms with Gasteiger partial charge < -0.3 is 14.6 Å². The molecule has 0 radical (unpaired) electrons. The van der Waals surface area contributed by atoms with Crippen molar-refractivity contribution in [3.8, 4) is 0 Å². The van der Waals surface area contributed by atoms with Gasteiger partial charge in [0.05, 0.1) is 19.3 Å². The fraction of sp³-hybridized carbons (Fsp3) is 0.667. The van der Waals surface area contributed by atoms with E-state index in [0.717, 1.165) is 37.9 Å². The molecule has 0 aromatic carbocycles. The first-order valence-electron chi connectivity index (χ1n) is 9.20. The average molecular weight is 347 g/mol. The van der Waals surface area contributed by atoms with Gasteiger partial charge in [0.1, 0.15) is 6.10 Å². The number of hydroxylamine groups is 2. The molecule has 4 rings (SSSR count). The first kappa shape index (κ1) is 16.6. The van der Waals surface area contributed by atoms with Crippen molar-refractivity contribution in [1.82, 2.24) is 14.9 Å². The Kier molecular flexibility index (Phi) is 4.76. The Bertz CT molecular complexity index is 612. The van der Waals surface area contributed by atoms with Crippen LogP contribution in [0, 0.1) is 5.92 Å². The summed E-state index contributed by atoms with van der Waals surface area (Å²) in [4.78, 5) is 35.3. The third-order valence-corrected chi connectivity index (χ3v) is 5.45. The van der Waals surface area contributed by atoms with Crippen molar-refractivity contribution < 1.29 is 19.2 Å². The summed E-state index contributed by atoms with van der Waals surface area (Å²) in [5, 5.41) is 1.45. The van der Waals surface area contributed by atoms with E-state index in [1.54, 1.807) is 0 Å². The molecule has 0 saturated carbocycles. The third kappa shape index (κ3) is 3.57. The maximum atomic E-state index is 12.5. The summed E-state index contributed by atoms with van der Waals surface area (Å²) < 4.78 is 6.00. The number of ether oxygens (including phenoxy) is 1. The predicted octanol–water partition coefficient (Wildman–Crippen LogP) is 1.12. The SMILES string of the molecule is O=C(CCc1ccc[nH]1)N1CC[C@H]2C[C@H](C(=O)N3CCCO3)O[C@@H]2C1. The summed E-state index contributed by atoms with van der Waals surface area (Å²) in [7, 11) is 0. The Morgan fingerprint density at radius 2 is 2.24 bits per heavy atom. The van der Waals surface area contributed by atoms with Gasteiger partial charge >= 0.3 is 0 Å². The number of nitrogens with zero attached hydrogens (tertiary/aromatic N) is 2. The van der Waals surface area contributed by atoms with Crippen LogP contribution >= 0.6 is 0 Å². The van der Waals surface area contributed by atoms with Gasteiger partial charge in [-0.25, -0.2) is 5.06 Å². The second-order valence-electron chi connectivity index (χ2n) is 7.11. The first-order chi connectivity index (χ1) is 12.2. The van der Waals surface area contributed by atoms with Crippen LogP contribution in [0.5, 0.6) is 0 Å². The molecular formula is C18H25N3O4. The van der Waals surface area contributed by atoms with Crippen molar-refractivity contribution in [2.24, 2.45) is 5.92 Å². The third-order valence-electron chi connectivity index (χ3n) is 5.45. The second-order valence-corrected chi connectivity index (χ2v) is 7.11. The molecule has 0 aliphatic carbocycles. The van der Waals surface area contributed by atoms with E-state index in [-0.39, 0.29) is 17.9 Å². The van der Waals surface area contributed by atoms with Gasteiger partial charge in [0.2, 0.25) is 5.91 Å². The van der Waals surface area contributed by atoms with E-state index >= 15 is 0 Å². The molecule has 3 atom stereocenters. The molecule has 7 heteroatoms. The molecule has 4 heterocycles. The van der Waals surface area contributed by atoms with Gasteiger partial charge in [-0.1, -0.05) is 0 Å². The largest absolute Gasteiger partial charge is 0.365 e. The van der Waals surface area contributed by atoms with Gasteiger partial charge in [-0.05, 0) is 43.7 Å². The first-order valence-corrected chi connectivity index (χ1v) is 9.20. The minimum atomic E-state index is -0.415. The van der Waals surface area contributed by atoms with Crippen LogP contribution in [0.4, 0.5) is 0 Å². The minimum absolute atomic E-state index is 0.0280. The molecule has 1 N–H and O–H groups in total. The molecule has 3 fully saturated rings. The maximum Gasteiger partial charge on any atom is 0.275 e. The summed E-state index contributed by atoms with van der Waals surface area (Å²) >= 11 is 0. The molecular weight excluding hydrogens is 322 g/mol. The van der Waals surface area contributed by atoms with Crippen LogP contribution in [0.3, 0.4) is 0 Å². The van der Waals surface area contributed by atoms with E-state index < -0.39 is 6.10 Å². The number of aryl methyl sites for hydroxylation is 1. The predicted molar refractivity (Wildman–Crippen MR) is 89.4 cm³/mol. The number of piperidine rings is 1. The average Bonchev–Trinajstić information content (AvgIpc) is 3.39. The highest BCUT2D eigenvalue weighted by molar-refractivity contribution is 5.80. The molecule has 3 saturated heterocycles. The lowest BCUT2D eigenvalue weighted by atomic mass is 9.91. The van der Waals surface area contributed by atoms with E-state index in [9.17, 15) is 9.59 Å². The summed E-state index contributed by atoms with van der Waals surface area (Å²) in [5.41, 5.74) is 1.08. The summed E-state index contributed by atoms with van der Waals surface area (Å²) in [6, 6.07) is 3.94. The molecule has 0 spiro atoms. The summed E-state index contributed by atoms with van der Waals surface area (Å²) in [6.07, 6.45) is 5.19. The van der Waals surface area contributed by atoms with E-state index in [1.807, 2.05) is 23.2 Å². The minimum Gasteiger partial charge on any atom is -0.365 e. The normalized spacial score (nSPS) is 29.0. The number of H-pyrrole nitrogens is 1. The van der Waals surface area contributed by atoms with Crippen LogP contribution < -0.4 is 0 Å². The molecule has 0 bridgehead atoms. The molecule has 1 aromatic rings. The molecule has 2 amide bonds. The second kappa shape index (κ2) is 7.17. The number of rotatable bonds is 4. The summed E-state index contributed by atoms with van der Waals surface area (Å²) in [6.45, 7) is 2.61. The topological polar surface area (TPSA) is 74.9 Å². The maximum absolute atomic E-state index is 12.5. The van der Waals surface area contributed by atoms with Crippen molar-refractivity contribution in [3.63, 3.8) is 0 Å². The number of hydrogen-bond acceptors (Lipinski definition) is 4. The highest BCUT2D eigenvalue weighted by Crippen LogP contribution is 2.34. The van der Waals surface area contributed by atoms with Crippen molar-refractivity contribution in [3.05, 3.63) is 24.0 Å². The molecule has 25 heavy (non-hydrogen) atoms. The number of aromatic nitrogens is 1. The number of nitrogens with one attached hydrogen (secondary N) is 1. The molecule has 3 aliphatic rings. The van der Waals surface area contributed by atoms with Gasteiger partial charge in [-0.2, -0.15) is 0 Å². The van der Waals surface area contributed by atoms with Crippen molar-refractivity contribution >= 4 is 11.8 Å². The van der Waals surface area contributed by atoms with Crippen LogP contribution in [0.25, 0.3) is 0 Å². The van der Waals surface area contributed by atoms with Gasteiger partial charge in [-0.3, -0.25) is 14.4 Å². The fourth-order valence-corrected chi connectivity index (χ4v) is 4.02. The lowest BCUT2D eigenvalue weighted by Gasteiger charge is -2.34. The van der Waals surface area contributed by atoms with E-state index in [2.05, 4.69) is 4.98 Å². The molecule has 3 aliphatic heterocycles. The fourth-order valence-electron chi connectivity index (χ4n) is 4.02. The van der Waals surface area contributed by atoms with Gasteiger partial charge in [0.25, 0.3) is 5.91 Å². The van der Waals surface area contributed by atoms with E-state index in [1.165, 1.54) is 5.06 Å². The zero-order chi connectivity index (χ0) is 17.2. The number of carbonyl (C=O) groups excluding carboxylic acids is 2.